The molecule has 96 valence electrons. The summed E-state index contributed by atoms with van der Waals surface area (Å²) in [6, 6.07) is 0.522. The van der Waals surface area contributed by atoms with Gasteiger partial charge in [-0.15, -0.1) is 0 Å². The summed E-state index contributed by atoms with van der Waals surface area (Å²) in [5.74, 6) is 1.02. The molecule has 0 fully saturated rings. The minimum atomic E-state index is 0.403. The number of aromatic nitrogens is 2. The van der Waals surface area contributed by atoms with E-state index in [0.717, 1.165) is 13.1 Å². The summed E-state index contributed by atoms with van der Waals surface area (Å²) < 4.78 is 5.02. The number of rotatable bonds is 6. The zero-order chi connectivity index (χ0) is 12.8. The Bertz CT molecular complexity index is 356. The summed E-state index contributed by atoms with van der Waals surface area (Å²) in [4.78, 5) is 10.2. The Hall–Kier alpha value is -1.56. The molecule has 0 aliphatic rings. The van der Waals surface area contributed by atoms with Crippen LogP contribution >= 0.6 is 0 Å². The molecule has 0 unspecified atom stereocenters. The van der Waals surface area contributed by atoms with Gasteiger partial charge in [-0.05, 0) is 20.9 Å². The fourth-order valence-corrected chi connectivity index (χ4v) is 1.29. The Morgan fingerprint density at radius 3 is 2.76 bits per heavy atom. The first-order chi connectivity index (χ1) is 8.06. The summed E-state index contributed by atoms with van der Waals surface area (Å²) >= 11 is 0. The van der Waals surface area contributed by atoms with E-state index in [4.69, 9.17) is 10.5 Å². The van der Waals surface area contributed by atoms with Crippen LogP contribution in [0.5, 0.6) is 5.88 Å². The smallest absolute Gasteiger partial charge is 0.242 e. The molecule has 1 aromatic heterocycles. The number of nitrogens with two attached hydrogens (primary N) is 1. The van der Waals surface area contributed by atoms with Gasteiger partial charge in [-0.25, -0.2) is 4.98 Å². The minimum Gasteiger partial charge on any atom is -0.479 e. The second kappa shape index (κ2) is 6.24. The molecule has 1 rings (SSSR count). The van der Waals surface area contributed by atoms with Crippen molar-refractivity contribution in [2.45, 2.75) is 19.9 Å². The highest BCUT2D eigenvalue weighted by Gasteiger charge is 2.08. The minimum absolute atomic E-state index is 0.403. The standard InChI is InChI=1S/C11H21N5O/c1-8(2)16(3)6-5-13-10-9(12)11(17-4)15-7-14-10/h7-8H,5-6,12H2,1-4H3,(H,13,14,15). The molecule has 17 heavy (non-hydrogen) atoms. The van der Waals surface area contributed by atoms with Gasteiger partial charge in [0.2, 0.25) is 5.88 Å². The quantitative estimate of drug-likeness (QED) is 0.765. The third-order valence-electron chi connectivity index (χ3n) is 2.68. The number of nitrogens with zero attached hydrogens (tertiary/aromatic N) is 3. The van der Waals surface area contributed by atoms with Gasteiger partial charge in [-0.2, -0.15) is 4.98 Å². The first-order valence-electron chi connectivity index (χ1n) is 5.64. The van der Waals surface area contributed by atoms with Crippen molar-refractivity contribution >= 4 is 11.5 Å². The van der Waals surface area contributed by atoms with Crippen LogP contribution < -0.4 is 15.8 Å². The maximum absolute atomic E-state index is 5.84. The molecular formula is C11H21N5O. The Balaban J connectivity index is 2.52. The number of hydrogen-bond donors (Lipinski definition) is 2. The van der Waals surface area contributed by atoms with Gasteiger partial charge in [0.15, 0.2) is 5.82 Å². The topological polar surface area (TPSA) is 76.3 Å². The summed E-state index contributed by atoms with van der Waals surface area (Å²) in [7, 11) is 3.62. The van der Waals surface area contributed by atoms with E-state index in [1.807, 2.05) is 0 Å². The van der Waals surface area contributed by atoms with E-state index in [1.54, 1.807) is 0 Å². The van der Waals surface area contributed by atoms with Crippen LogP contribution in [0.25, 0.3) is 0 Å². The van der Waals surface area contributed by atoms with Crippen LogP contribution in [0.15, 0.2) is 6.33 Å². The average Bonchev–Trinajstić information content (AvgIpc) is 2.31. The van der Waals surface area contributed by atoms with Crippen molar-refractivity contribution in [1.82, 2.24) is 14.9 Å². The van der Waals surface area contributed by atoms with E-state index in [0.29, 0.717) is 23.4 Å². The molecule has 1 aromatic rings. The molecule has 0 atom stereocenters. The van der Waals surface area contributed by atoms with Gasteiger partial charge in [0, 0.05) is 19.1 Å². The molecule has 6 heteroatoms. The fourth-order valence-electron chi connectivity index (χ4n) is 1.29. The van der Waals surface area contributed by atoms with Crippen molar-refractivity contribution < 1.29 is 4.74 Å². The van der Waals surface area contributed by atoms with E-state index in [1.165, 1.54) is 13.4 Å². The number of hydrogen-bond acceptors (Lipinski definition) is 6. The molecule has 0 saturated heterocycles. The molecule has 0 bridgehead atoms. The molecule has 0 aliphatic heterocycles. The van der Waals surface area contributed by atoms with Gasteiger partial charge in [0.25, 0.3) is 0 Å². The Morgan fingerprint density at radius 2 is 2.18 bits per heavy atom. The summed E-state index contributed by atoms with van der Waals surface area (Å²) in [6.07, 6.45) is 1.43. The number of anilines is 2. The molecule has 1 heterocycles. The molecule has 3 N–H and O–H groups in total. The predicted octanol–water partition coefficient (Wildman–Crippen LogP) is 0.819. The molecule has 0 amide bonds. The monoisotopic (exact) mass is 239 g/mol. The van der Waals surface area contributed by atoms with Crippen LogP contribution in [-0.2, 0) is 0 Å². The van der Waals surface area contributed by atoms with E-state index >= 15 is 0 Å². The van der Waals surface area contributed by atoms with Crippen LogP contribution in [0.2, 0.25) is 0 Å². The fraction of sp³-hybridized carbons (Fsp3) is 0.636. The number of nitrogen functional groups attached to an aromatic ring is 1. The van der Waals surface area contributed by atoms with Gasteiger partial charge >= 0.3 is 0 Å². The molecule has 0 aromatic carbocycles. The van der Waals surface area contributed by atoms with Gasteiger partial charge in [-0.3, -0.25) is 0 Å². The number of nitrogens with one attached hydrogen (secondary N) is 1. The highest BCUT2D eigenvalue weighted by molar-refractivity contribution is 5.66. The Kier molecular flexibility index (Phi) is 4.96. The van der Waals surface area contributed by atoms with Gasteiger partial charge < -0.3 is 20.7 Å². The first-order valence-corrected chi connectivity index (χ1v) is 5.64. The summed E-state index contributed by atoms with van der Waals surface area (Å²) in [6.45, 7) is 6.01. The molecule has 6 nitrogen and oxygen atoms in total. The lowest BCUT2D eigenvalue weighted by Gasteiger charge is -2.21. The lowest BCUT2D eigenvalue weighted by Crippen LogP contribution is -2.31. The third-order valence-corrected chi connectivity index (χ3v) is 2.68. The molecule has 0 aliphatic carbocycles. The first kappa shape index (κ1) is 13.5. The van der Waals surface area contributed by atoms with Gasteiger partial charge in [-0.1, -0.05) is 0 Å². The second-order valence-electron chi connectivity index (χ2n) is 4.15. The highest BCUT2D eigenvalue weighted by atomic mass is 16.5. The van der Waals surface area contributed by atoms with Crippen molar-refractivity contribution in [3.63, 3.8) is 0 Å². The van der Waals surface area contributed by atoms with Crippen molar-refractivity contribution in [2.75, 3.05) is 38.3 Å². The van der Waals surface area contributed by atoms with Gasteiger partial charge in [0.05, 0.1) is 7.11 Å². The van der Waals surface area contributed by atoms with Crippen molar-refractivity contribution in [2.24, 2.45) is 0 Å². The normalized spacial score (nSPS) is 10.9. The van der Waals surface area contributed by atoms with Crippen molar-refractivity contribution in [1.29, 1.82) is 0 Å². The Morgan fingerprint density at radius 1 is 1.47 bits per heavy atom. The number of likely N-dealkylation sites (N-methyl/N-ethyl adjacent to an activating group) is 1. The van der Waals surface area contributed by atoms with Crippen molar-refractivity contribution in [3.05, 3.63) is 6.33 Å². The number of ether oxygens (including phenoxy) is 1. The van der Waals surface area contributed by atoms with E-state index < -0.39 is 0 Å². The zero-order valence-electron chi connectivity index (χ0n) is 10.9. The SMILES string of the molecule is COc1ncnc(NCCN(C)C(C)C)c1N. The maximum atomic E-state index is 5.84. The van der Waals surface area contributed by atoms with Crippen molar-refractivity contribution in [3.8, 4) is 5.88 Å². The van der Waals surface area contributed by atoms with E-state index in [2.05, 4.69) is 41.1 Å². The summed E-state index contributed by atoms with van der Waals surface area (Å²) in [5, 5.41) is 3.18. The maximum Gasteiger partial charge on any atom is 0.242 e. The second-order valence-corrected chi connectivity index (χ2v) is 4.15. The zero-order valence-corrected chi connectivity index (χ0v) is 10.9. The largest absolute Gasteiger partial charge is 0.479 e. The average molecular weight is 239 g/mol. The van der Waals surface area contributed by atoms with Crippen LogP contribution in [0.3, 0.4) is 0 Å². The molecule has 0 saturated carbocycles. The third kappa shape index (κ3) is 3.74. The summed E-state index contributed by atoms with van der Waals surface area (Å²) in [5.41, 5.74) is 6.29. The molecule has 0 spiro atoms. The van der Waals surface area contributed by atoms with Crippen LogP contribution in [0, 0.1) is 0 Å². The highest BCUT2D eigenvalue weighted by Crippen LogP contribution is 2.23. The predicted molar refractivity (Wildman–Crippen MR) is 69.3 cm³/mol. The lowest BCUT2D eigenvalue weighted by molar-refractivity contribution is 0.284. The lowest BCUT2D eigenvalue weighted by atomic mass is 10.3. The van der Waals surface area contributed by atoms with Crippen LogP contribution in [-0.4, -0.2) is 48.2 Å². The number of methoxy groups -OCH3 is 1. The molecule has 0 radical (unpaired) electrons. The Labute approximate surface area is 102 Å². The van der Waals surface area contributed by atoms with E-state index in [-0.39, 0.29) is 0 Å². The molecular weight excluding hydrogens is 218 g/mol. The van der Waals surface area contributed by atoms with Crippen LogP contribution in [0.1, 0.15) is 13.8 Å². The van der Waals surface area contributed by atoms with Gasteiger partial charge in [0.1, 0.15) is 12.0 Å². The van der Waals surface area contributed by atoms with E-state index in [9.17, 15) is 0 Å². The van der Waals surface area contributed by atoms with Crippen LogP contribution in [0.4, 0.5) is 11.5 Å².